The lowest BCUT2D eigenvalue weighted by molar-refractivity contribution is 0.0934. The van der Waals surface area contributed by atoms with E-state index in [9.17, 15) is 4.79 Å². The van der Waals surface area contributed by atoms with Gasteiger partial charge in [0.1, 0.15) is 0 Å². The molecule has 0 unspecified atom stereocenters. The first-order valence-electron chi connectivity index (χ1n) is 8.65. The largest absolute Gasteiger partial charge is 0.344 e. The second-order valence-electron chi connectivity index (χ2n) is 6.63. The van der Waals surface area contributed by atoms with Crippen molar-refractivity contribution in [1.82, 2.24) is 15.5 Å². The van der Waals surface area contributed by atoms with Gasteiger partial charge in [-0.3, -0.25) is 9.89 Å². The van der Waals surface area contributed by atoms with Crippen molar-refractivity contribution in [3.63, 3.8) is 0 Å². The molecule has 5 heteroatoms. The van der Waals surface area contributed by atoms with Crippen LogP contribution in [0.15, 0.2) is 35.7 Å². The number of amides is 1. The van der Waals surface area contributed by atoms with Gasteiger partial charge in [-0.2, -0.15) is 5.10 Å². The second-order valence-corrected chi connectivity index (χ2v) is 7.57. The molecule has 0 saturated carbocycles. The van der Waals surface area contributed by atoms with Crippen LogP contribution < -0.4 is 5.32 Å². The van der Waals surface area contributed by atoms with Crippen molar-refractivity contribution < 1.29 is 4.79 Å². The summed E-state index contributed by atoms with van der Waals surface area (Å²) in [4.78, 5) is 13.8. The number of aromatic amines is 1. The van der Waals surface area contributed by atoms with Gasteiger partial charge in [-0.1, -0.05) is 24.3 Å². The number of nitrogens with one attached hydrogen (secondary N) is 2. The number of H-pyrrole nitrogens is 1. The highest BCUT2D eigenvalue weighted by Gasteiger charge is 2.20. The summed E-state index contributed by atoms with van der Waals surface area (Å²) >= 11 is 1.63. The van der Waals surface area contributed by atoms with Crippen LogP contribution in [0, 0.1) is 6.92 Å². The van der Waals surface area contributed by atoms with Gasteiger partial charge < -0.3 is 5.32 Å². The molecule has 4 nitrogen and oxygen atoms in total. The number of nitrogens with zero attached hydrogens (tertiary/aromatic N) is 1. The molecule has 0 radical (unpaired) electrons. The molecule has 0 saturated heterocycles. The third-order valence-corrected chi connectivity index (χ3v) is 5.85. The maximum absolute atomic E-state index is 12.7. The highest BCUT2D eigenvalue weighted by atomic mass is 32.1. The third kappa shape index (κ3) is 3.00. The smallest absolute Gasteiger partial charge is 0.272 e. The molecule has 2 aromatic heterocycles. The Morgan fingerprint density at radius 2 is 2.12 bits per heavy atom. The highest BCUT2D eigenvalue weighted by Crippen LogP contribution is 2.28. The van der Waals surface area contributed by atoms with Crippen molar-refractivity contribution >= 4 is 17.2 Å². The van der Waals surface area contributed by atoms with Crippen LogP contribution in [0.1, 0.15) is 52.1 Å². The number of rotatable bonds is 4. The molecule has 2 N–H and O–H groups in total. The lowest BCUT2D eigenvalue weighted by Crippen LogP contribution is -2.27. The lowest BCUT2D eigenvalue weighted by atomic mass is 10.0. The van der Waals surface area contributed by atoms with Crippen molar-refractivity contribution in [2.24, 2.45) is 0 Å². The van der Waals surface area contributed by atoms with Crippen LogP contribution in [-0.2, 0) is 12.8 Å². The number of thiophene rings is 1. The normalized spacial score (nSPS) is 14.3. The average molecular weight is 351 g/mol. The molecule has 0 fully saturated rings. The zero-order valence-electron chi connectivity index (χ0n) is 14.4. The first-order valence-corrected chi connectivity index (χ1v) is 9.53. The first kappa shape index (κ1) is 16.1. The van der Waals surface area contributed by atoms with Crippen LogP contribution in [0.5, 0.6) is 0 Å². The predicted molar refractivity (Wildman–Crippen MR) is 101 cm³/mol. The van der Waals surface area contributed by atoms with E-state index in [0.29, 0.717) is 5.69 Å². The van der Waals surface area contributed by atoms with Crippen molar-refractivity contribution in [3.05, 3.63) is 63.7 Å². The van der Waals surface area contributed by atoms with Crippen LogP contribution in [0.25, 0.3) is 10.6 Å². The van der Waals surface area contributed by atoms with Crippen LogP contribution in [0.4, 0.5) is 0 Å². The Balaban J connectivity index is 1.52. The van der Waals surface area contributed by atoms with Gasteiger partial charge >= 0.3 is 0 Å². The Hall–Kier alpha value is -2.40. The standard InChI is InChI=1S/C20H21N3OS/c1-12-18(17-7-4-10-25-17)22-23-19(12)20(24)21-13(2)15-9-8-14-5-3-6-16(14)11-15/h4,7-11,13H,3,5-6H2,1-2H3,(H,21,24)(H,22,23)/t13-/m0/s1. The maximum Gasteiger partial charge on any atom is 0.272 e. The topological polar surface area (TPSA) is 57.8 Å². The molecule has 0 spiro atoms. The van der Waals surface area contributed by atoms with Crippen LogP contribution in [0.2, 0.25) is 0 Å². The molecule has 128 valence electrons. The lowest BCUT2D eigenvalue weighted by Gasteiger charge is -2.15. The van der Waals surface area contributed by atoms with Gasteiger partial charge in [0.25, 0.3) is 5.91 Å². The summed E-state index contributed by atoms with van der Waals surface area (Å²) in [6.07, 6.45) is 3.55. The van der Waals surface area contributed by atoms with Crippen LogP contribution >= 0.6 is 11.3 Å². The number of hydrogen-bond acceptors (Lipinski definition) is 3. The minimum atomic E-state index is -0.135. The predicted octanol–water partition coefficient (Wildman–Crippen LogP) is 4.43. The fourth-order valence-corrected chi connectivity index (χ4v) is 4.27. The van der Waals surface area contributed by atoms with Gasteiger partial charge in [0, 0.05) is 5.56 Å². The van der Waals surface area contributed by atoms with E-state index in [1.54, 1.807) is 11.3 Å². The highest BCUT2D eigenvalue weighted by molar-refractivity contribution is 7.13. The maximum atomic E-state index is 12.7. The number of carbonyl (C=O) groups excluding carboxylic acids is 1. The van der Waals surface area contributed by atoms with E-state index >= 15 is 0 Å². The van der Waals surface area contributed by atoms with E-state index in [1.807, 2.05) is 31.4 Å². The van der Waals surface area contributed by atoms with E-state index in [-0.39, 0.29) is 11.9 Å². The molecule has 1 aliphatic carbocycles. The first-order chi connectivity index (χ1) is 12.1. The summed E-state index contributed by atoms with van der Waals surface area (Å²) in [7, 11) is 0. The van der Waals surface area contributed by atoms with Crippen molar-refractivity contribution in [3.8, 4) is 10.6 Å². The molecule has 1 amide bonds. The molecule has 2 heterocycles. The van der Waals surface area contributed by atoms with Crippen LogP contribution in [-0.4, -0.2) is 16.1 Å². The Morgan fingerprint density at radius 1 is 1.28 bits per heavy atom. The molecule has 4 rings (SSSR count). The summed E-state index contributed by atoms with van der Waals surface area (Å²) in [5.41, 5.74) is 6.31. The molecule has 0 aliphatic heterocycles. The van der Waals surface area contributed by atoms with Crippen LogP contribution in [0.3, 0.4) is 0 Å². The number of fused-ring (bicyclic) bond motifs is 1. The minimum absolute atomic E-state index is 0.0420. The molecule has 1 aliphatic rings. The fraction of sp³-hybridized carbons (Fsp3) is 0.300. The van der Waals surface area contributed by atoms with E-state index in [0.717, 1.165) is 28.1 Å². The number of benzene rings is 1. The number of aryl methyl sites for hydroxylation is 2. The van der Waals surface area contributed by atoms with Gasteiger partial charge in [-0.05, 0) is 61.2 Å². The summed E-state index contributed by atoms with van der Waals surface area (Å²) in [6.45, 7) is 3.96. The van der Waals surface area contributed by atoms with Gasteiger partial charge in [0.2, 0.25) is 0 Å². The summed E-state index contributed by atoms with van der Waals surface area (Å²) < 4.78 is 0. The van der Waals surface area contributed by atoms with E-state index in [1.165, 1.54) is 24.0 Å². The van der Waals surface area contributed by atoms with E-state index in [2.05, 4.69) is 33.7 Å². The minimum Gasteiger partial charge on any atom is -0.344 e. The summed E-state index contributed by atoms with van der Waals surface area (Å²) in [6, 6.07) is 10.6. The van der Waals surface area contributed by atoms with Crippen molar-refractivity contribution in [1.29, 1.82) is 0 Å². The third-order valence-electron chi connectivity index (χ3n) is 4.96. The molecular formula is C20H21N3OS. The monoisotopic (exact) mass is 351 g/mol. The van der Waals surface area contributed by atoms with Crippen molar-refractivity contribution in [2.75, 3.05) is 0 Å². The van der Waals surface area contributed by atoms with Gasteiger partial charge in [0.15, 0.2) is 5.69 Å². The number of aromatic nitrogens is 2. The van der Waals surface area contributed by atoms with E-state index in [4.69, 9.17) is 0 Å². The van der Waals surface area contributed by atoms with Gasteiger partial charge in [-0.15, -0.1) is 11.3 Å². The zero-order valence-corrected chi connectivity index (χ0v) is 15.2. The van der Waals surface area contributed by atoms with E-state index < -0.39 is 0 Å². The van der Waals surface area contributed by atoms with Gasteiger partial charge in [-0.25, -0.2) is 0 Å². The molecule has 1 aromatic carbocycles. The Bertz CT molecular complexity index is 911. The number of carbonyl (C=O) groups is 1. The molecule has 0 bridgehead atoms. The Labute approximate surface area is 151 Å². The molecule has 1 atom stereocenters. The molecule has 3 aromatic rings. The summed E-state index contributed by atoms with van der Waals surface area (Å²) in [5, 5.41) is 12.4. The number of hydrogen-bond donors (Lipinski definition) is 2. The fourth-order valence-electron chi connectivity index (χ4n) is 3.49. The zero-order chi connectivity index (χ0) is 17.4. The van der Waals surface area contributed by atoms with Gasteiger partial charge in [0.05, 0.1) is 16.6 Å². The Kier molecular flexibility index (Phi) is 4.17. The molecule has 25 heavy (non-hydrogen) atoms. The SMILES string of the molecule is Cc1c(C(=O)N[C@@H](C)c2ccc3c(c2)CCC3)n[nH]c1-c1cccs1. The Morgan fingerprint density at radius 3 is 2.92 bits per heavy atom. The quantitative estimate of drug-likeness (QED) is 0.731. The summed E-state index contributed by atoms with van der Waals surface area (Å²) in [5.74, 6) is -0.135. The second kappa shape index (κ2) is 6.48. The molecular weight excluding hydrogens is 330 g/mol. The van der Waals surface area contributed by atoms with Crippen molar-refractivity contribution in [2.45, 2.75) is 39.2 Å². The average Bonchev–Trinajstić information content (AvgIpc) is 3.34.